The van der Waals surface area contributed by atoms with Gasteiger partial charge in [0.2, 0.25) is 0 Å². The average Bonchev–Trinajstić information content (AvgIpc) is 2.94. The van der Waals surface area contributed by atoms with Crippen LogP contribution in [0.3, 0.4) is 0 Å². The summed E-state index contributed by atoms with van der Waals surface area (Å²) in [5.74, 6) is 0.473. The summed E-state index contributed by atoms with van der Waals surface area (Å²) in [4.78, 5) is 12.4. The molecule has 0 radical (unpaired) electrons. The number of amides is 1. The maximum Gasteiger partial charge on any atom is 0.287 e. The van der Waals surface area contributed by atoms with Gasteiger partial charge in [-0.3, -0.25) is 4.79 Å². The van der Waals surface area contributed by atoms with Gasteiger partial charge in [-0.2, -0.15) is 0 Å². The fourth-order valence-corrected chi connectivity index (χ4v) is 3.00. The highest BCUT2D eigenvalue weighted by Crippen LogP contribution is 2.51. The predicted octanol–water partition coefficient (Wildman–Crippen LogP) is 1.72. The van der Waals surface area contributed by atoms with Gasteiger partial charge in [0.1, 0.15) is 12.4 Å². The quantitative estimate of drug-likeness (QED) is 0.801. The maximum atomic E-state index is 12.4. The van der Waals surface area contributed by atoms with Crippen LogP contribution in [0.5, 0.6) is 0 Å². The second-order valence-electron chi connectivity index (χ2n) is 6.26. The predicted molar refractivity (Wildman–Crippen MR) is 80.5 cm³/mol. The molecule has 1 fully saturated rings. The van der Waals surface area contributed by atoms with Gasteiger partial charge < -0.3 is 24.3 Å². The van der Waals surface area contributed by atoms with Crippen molar-refractivity contribution in [2.24, 2.45) is 5.41 Å². The third kappa shape index (κ3) is 2.78. The zero-order chi connectivity index (χ0) is 16.4. The number of aliphatic hydroxyl groups is 1. The highest BCUT2D eigenvalue weighted by molar-refractivity contribution is 5.92. The molecule has 1 amide bonds. The molecule has 0 aromatic carbocycles. The van der Waals surface area contributed by atoms with Crippen LogP contribution in [0.1, 0.15) is 43.5 Å². The molecule has 22 heavy (non-hydrogen) atoms. The zero-order valence-corrected chi connectivity index (χ0v) is 13.6. The van der Waals surface area contributed by atoms with Crippen LogP contribution in [0.4, 0.5) is 0 Å². The van der Waals surface area contributed by atoms with E-state index in [4.69, 9.17) is 13.9 Å². The number of ether oxygens (including phenoxy) is 2. The van der Waals surface area contributed by atoms with Crippen LogP contribution >= 0.6 is 0 Å². The number of carbonyl (C=O) groups is 1. The standard InChI is InChI=1S/C16H25NO5/c1-5-21-13-8-16(10-18,15(13,2)3)17-14(19)12-7-6-11(22-12)9-20-4/h6-7,13,18H,5,8-10H2,1-4H3,(H,17,19). The van der Waals surface area contributed by atoms with Crippen molar-refractivity contribution in [3.8, 4) is 0 Å². The summed E-state index contributed by atoms with van der Waals surface area (Å²) >= 11 is 0. The Balaban J connectivity index is 2.08. The lowest BCUT2D eigenvalue weighted by molar-refractivity contribution is -0.172. The molecule has 1 heterocycles. The van der Waals surface area contributed by atoms with E-state index in [1.807, 2.05) is 20.8 Å². The van der Waals surface area contributed by atoms with E-state index >= 15 is 0 Å². The second kappa shape index (κ2) is 6.40. The molecule has 2 unspecified atom stereocenters. The van der Waals surface area contributed by atoms with Crippen molar-refractivity contribution in [3.63, 3.8) is 0 Å². The first-order valence-corrected chi connectivity index (χ1v) is 7.53. The van der Waals surface area contributed by atoms with Gasteiger partial charge in [0.05, 0.1) is 18.2 Å². The van der Waals surface area contributed by atoms with Crippen molar-refractivity contribution in [3.05, 3.63) is 23.7 Å². The topological polar surface area (TPSA) is 80.9 Å². The fraction of sp³-hybridized carbons (Fsp3) is 0.688. The molecule has 2 rings (SSSR count). The SMILES string of the molecule is CCOC1CC(CO)(NC(=O)c2ccc(COC)o2)C1(C)C. The summed E-state index contributed by atoms with van der Waals surface area (Å²) in [5, 5.41) is 12.7. The molecule has 1 saturated carbocycles. The van der Waals surface area contributed by atoms with Crippen LogP contribution < -0.4 is 5.32 Å². The lowest BCUT2D eigenvalue weighted by Gasteiger charge is -2.60. The molecule has 2 N–H and O–H groups in total. The number of hydrogen-bond donors (Lipinski definition) is 2. The first kappa shape index (κ1) is 17.0. The van der Waals surface area contributed by atoms with Crippen molar-refractivity contribution >= 4 is 5.91 Å². The summed E-state index contributed by atoms with van der Waals surface area (Å²) in [7, 11) is 1.56. The van der Waals surface area contributed by atoms with E-state index < -0.39 is 5.54 Å². The van der Waals surface area contributed by atoms with Gasteiger partial charge in [-0.25, -0.2) is 0 Å². The number of rotatable bonds is 7. The van der Waals surface area contributed by atoms with Crippen molar-refractivity contribution in [1.29, 1.82) is 0 Å². The van der Waals surface area contributed by atoms with E-state index in [9.17, 15) is 9.90 Å². The lowest BCUT2D eigenvalue weighted by Crippen LogP contribution is -2.74. The smallest absolute Gasteiger partial charge is 0.287 e. The van der Waals surface area contributed by atoms with Gasteiger partial charge in [0, 0.05) is 25.6 Å². The van der Waals surface area contributed by atoms with Crippen LogP contribution in [0.15, 0.2) is 16.5 Å². The Bertz CT molecular complexity index is 524. The molecule has 1 aromatic heterocycles. The van der Waals surface area contributed by atoms with Gasteiger partial charge in [-0.15, -0.1) is 0 Å². The van der Waals surface area contributed by atoms with E-state index in [-0.39, 0.29) is 29.8 Å². The molecule has 0 aliphatic heterocycles. The Hall–Kier alpha value is -1.37. The third-order valence-corrected chi connectivity index (χ3v) is 4.73. The number of aliphatic hydroxyl groups excluding tert-OH is 1. The fourth-order valence-electron chi connectivity index (χ4n) is 3.00. The molecule has 1 aromatic rings. The van der Waals surface area contributed by atoms with Crippen LogP contribution in [0.2, 0.25) is 0 Å². The van der Waals surface area contributed by atoms with Gasteiger partial charge in [-0.05, 0) is 19.1 Å². The number of hydrogen-bond acceptors (Lipinski definition) is 5. The molecule has 124 valence electrons. The molecular formula is C16H25NO5. The molecule has 0 bridgehead atoms. The minimum Gasteiger partial charge on any atom is -0.453 e. The monoisotopic (exact) mass is 311 g/mol. The van der Waals surface area contributed by atoms with Gasteiger partial charge >= 0.3 is 0 Å². The van der Waals surface area contributed by atoms with E-state index in [1.54, 1.807) is 19.2 Å². The van der Waals surface area contributed by atoms with Gasteiger partial charge in [0.25, 0.3) is 5.91 Å². The molecular weight excluding hydrogens is 286 g/mol. The number of nitrogens with one attached hydrogen (secondary N) is 1. The summed E-state index contributed by atoms with van der Waals surface area (Å²) in [5.41, 5.74) is -1.05. The van der Waals surface area contributed by atoms with E-state index in [1.165, 1.54) is 0 Å². The molecule has 0 saturated heterocycles. The van der Waals surface area contributed by atoms with E-state index in [2.05, 4.69) is 5.32 Å². The third-order valence-electron chi connectivity index (χ3n) is 4.73. The Labute approximate surface area is 130 Å². The van der Waals surface area contributed by atoms with Crippen molar-refractivity contribution in [2.75, 3.05) is 20.3 Å². The first-order chi connectivity index (χ1) is 10.4. The van der Waals surface area contributed by atoms with E-state index in [0.29, 0.717) is 25.4 Å². The summed E-state index contributed by atoms with van der Waals surface area (Å²) in [6.07, 6.45) is 0.604. The largest absolute Gasteiger partial charge is 0.453 e. The van der Waals surface area contributed by atoms with Crippen LogP contribution in [-0.4, -0.2) is 43.0 Å². The van der Waals surface area contributed by atoms with Crippen LogP contribution in [0, 0.1) is 5.41 Å². The summed E-state index contributed by atoms with van der Waals surface area (Å²) < 4.78 is 16.1. The Morgan fingerprint density at radius 1 is 1.50 bits per heavy atom. The van der Waals surface area contributed by atoms with Crippen molar-refractivity contribution < 1.29 is 23.8 Å². The minimum atomic E-state index is -0.696. The first-order valence-electron chi connectivity index (χ1n) is 7.53. The highest BCUT2D eigenvalue weighted by Gasteiger charge is 2.61. The molecule has 1 aliphatic carbocycles. The summed E-state index contributed by atoms with van der Waals surface area (Å²) in [6.45, 7) is 6.71. The van der Waals surface area contributed by atoms with Crippen LogP contribution in [0.25, 0.3) is 0 Å². The number of carbonyl (C=O) groups excluding carboxylic acids is 1. The number of methoxy groups -OCH3 is 1. The van der Waals surface area contributed by atoms with Gasteiger partial charge in [-0.1, -0.05) is 13.8 Å². The molecule has 6 nitrogen and oxygen atoms in total. The van der Waals surface area contributed by atoms with Crippen molar-refractivity contribution in [2.45, 2.75) is 45.4 Å². The Kier molecular flexibility index (Phi) is 4.94. The van der Waals surface area contributed by atoms with Gasteiger partial charge in [0.15, 0.2) is 5.76 Å². The molecule has 0 spiro atoms. The molecule has 1 aliphatic rings. The Morgan fingerprint density at radius 3 is 2.77 bits per heavy atom. The molecule has 6 heteroatoms. The van der Waals surface area contributed by atoms with E-state index in [0.717, 1.165) is 0 Å². The average molecular weight is 311 g/mol. The minimum absolute atomic E-state index is 0.0191. The van der Waals surface area contributed by atoms with Crippen molar-refractivity contribution in [1.82, 2.24) is 5.32 Å². The maximum absolute atomic E-state index is 12.4. The Morgan fingerprint density at radius 2 is 2.23 bits per heavy atom. The van der Waals surface area contributed by atoms with Crippen LogP contribution in [-0.2, 0) is 16.1 Å². The zero-order valence-electron chi connectivity index (χ0n) is 13.6. The number of furan rings is 1. The second-order valence-corrected chi connectivity index (χ2v) is 6.26. The molecule has 2 atom stereocenters. The summed E-state index contributed by atoms with van der Waals surface area (Å²) in [6, 6.07) is 3.32. The lowest BCUT2D eigenvalue weighted by atomic mass is 9.54. The normalized spacial score (nSPS) is 26.5. The highest BCUT2D eigenvalue weighted by atomic mass is 16.5.